The third kappa shape index (κ3) is 4.77. The number of nitrogens with zero attached hydrogens (tertiary/aromatic N) is 5. The molecular weight excluding hydrogens is 502 g/mol. The minimum atomic E-state index is -0.145. The molecule has 186 valence electrons. The van der Waals surface area contributed by atoms with Crippen molar-refractivity contribution in [2.45, 2.75) is 31.7 Å². The summed E-state index contributed by atoms with van der Waals surface area (Å²) in [6, 6.07) is 12.1. The van der Waals surface area contributed by atoms with Crippen LogP contribution in [-0.4, -0.2) is 44.4 Å². The number of hydrogen-bond acceptors (Lipinski definition) is 9. The van der Waals surface area contributed by atoms with Gasteiger partial charge in [0, 0.05) is 39.7 Å². The lowest BCUT2D eigenvalue weighted by Gasteiger charge is -2.34. The van der Waals surface area contributed by atoms with E-state index >= 15 is 0 Å². The van der Waals surface area contributed by atoms with Crippen LogP contribution in [0.25, 0.3) is 33.6 Å². The Bertz CT molecular complexity index is 1490. The zero-order valence-corrected chi connectivity index (χ0v) is 21.9. The number of hydrogen-bond donors (Lipinski definition) is 0. The smallest absolute Gasteiger partial charge is 0.143 e. The molecule has 5 heterocycles. The summed E-state index contributed by atoms with van der Waals surface area (Å²) in [5, 5.41) is 9.68. The van der Waals surface area contributed by atoms with Crippen LogP contribution in [0.4, 0.5) is 0 Å². The lowest BCUT2D eigenvalue weighted by atomic mass is 9.96. The SMILES string of the molecule is Cc1onc(-c2cccc(-c3cncnc3)c2)c1-c1csc(C2CCN(C(C=O)c3cccs3)CC2)n1. The van der Waals surface area contributed by atoms with Crippen LogP contribution in [0.1, 0.15) is 40.4 Å². The molecule has 7 nitrogen and oxygen atoms in total. The molecule has 1 unspecified atom stereocenters. The highest BCUT2D eigenvalue weighted by Gasteiger charge is 2.29. The van der Waals surface area contributed by atoms with Crippen molar-refractivity contribution in [3.05, 3.63) is 81.5 Å². The van der Waals surface area contributed by atoms with Crippen LogP contribution >= 0.6 is 22.7 Å². The summed E-state index contributed by atoms with van der Waals surface area (Å²) < 4.78 is 5.64. The molecule has 0 spiro atoms. The van der Waals surface area contributed by atoms with E-state index < -0.39 is 0 Å². The first kappa shape index (κ1) is 23.8. The van der Waals surface area contributed by atoms with E-state index in [1.165, 1.54) is 6.33 Å². The zero-order chi connectivity index (χ0) is 25.2. The van der Waals surface area contributed by atoms with Crippen LogP contribution in [0.3, 0.4) is 0 Å². The van der Waals surface area contributed by atoms with Crippen molar-refractivity contribution in [1.29, 1.82) is 0 Å². The van der Waals surface area contributed by atoms with Crippen molar-refractivity contribution in [3.8, 4) is 33.6 Å². The van der Waals surface area contributed by atoms with Gasteiger partial charge in [-0.2, -0.15) is 0 Å². The van der Waals surface area contributed by atoms with Crippen LogP contribution in [0.5, 0.6) is 0 Å². The first-order valence-electron chi connectivity index (χ1n) is 12.2. The number of aryl methyl sites for hydroxylation is 1. The Kier molecular flexibility index (Phi) is 6.73. The maximum atomic E-state index is 11.8. The van der Waals surface area contributed by atoms with Crippen molar-refractivity contribution < 1.29 is 9.32 Å². The van der Waals surface area contributed by atoms with Gasteiger partial charge < -0.3 is 9.32 Å². The Morgan fingerprint density at radius 2 is 1.86 bits per heavy atom. The largest absolute Gasteiger partial charge is 0.360 e. The van der Waals surface area contributed by atoms with Gasteiger partial charge >= 0.3 is 0 Å². The summed E-state index contributed by atoms with van der Waals surface area (Å²) in [7, 11) is 0. The van der Waals surface area contributed by atoms with Crippen molar-refractivity contribution in [3.63, 3.8) is 0 Å². The van der Waals surface area contributed by atoms with E-state index in [-0.39, 0.29) is 6.04 Å². The summed E-state index contributed by atoms with van der Waals surface area (Å²) in [6.07, 6.45) is 8.18. The van der Waals surface area contributed by atoms with Crippen LogP contribution in [-0.2, 0) is 4.79 Å². The van der Waals surface area contributed by atoms with Gasteiger partial charge in [-0.15, -0.1) is 22.7 Å². The highest BCUT2D eigenvalue weighted by molar-refractivity contribution is 7.10. The Morgan fingerprint density at radius 1 is 1.05 bits per heavy atom. The molecule has 5 aromatic rings. The zero-order valence-electron chi connectivity index (χ0n) is 20.3. The normalized spacial score (nSPS) is 15.6. The molecule has 1 aromatic carbocycles. The predicted molar refractivity (Wildman–Crippen MR) is 145 cm³/mol. The van der Waals surface area contributed by atoms with Gasteiger partial charge in [-0.3, -0.25) is 4.90 Å². The molecule has 0 radical (unpaired) electrons. The van der Waals surface area contributed by atoms with Crippen LogP contribution < -0.4 is 0 Å². The summed E-state index contributed by atoms with van der Waals surface area (Å²) >= 11 is 3.34. The van der Waals surface area contributed by atoms with E-state index in [1.807, 2.05) is 42.6 Å². The fraction of sp³-hybridized carbons (Fsp3) is 0.250. The quantitative estimate of drug-likeness (QED) is 0.226. The maximum Gasteiger partial charge on any atom is 0.143 e. The lowest BCUT2D eigenvalue weighted by Crippen LogP contribution is -2.36. The summed E-state index contributed by atoms with van der Waals surface area (Å²) in [6.45, 7) is 3.70. The average Bonchev–Trinajstić information content (AvgIpc) is 3.72. The van der Waals surface area contributed by atoms with E-state index in [1.54, 1.807) is 35.1 Å². The fourth-order valence-electron chi connectivity index (χ4n) is 4.97. The number of aldehydes is 1. The molecule has 1 atom stereocenters. The van der Waals surface area contributed by atoms with E-state index in [0.29, 0.717) is 5.92 Å². The number of piperidine rings is 1. The van der Waals surface area contributed by atoms with Gasteiger partial charge in [0.2, 0.25) is 0 Å². The molecule has 1 fully saturated rings. The maximum absolute atomic E-state index is 11.8. The van der Waals surface area contributed by atoms with Gasteiger partial charge in [-0.1, -0.05) is 29.4 Å². The topological polar surface area (TPSA) is 85.0 Å². The molecule has 4 aromatic heterocycles. The number of likely N-dealkylation sites (tertiary alicyclic amines) is 1. The van der Waals surface area contributed by atoms with Crippen molar-refractivity contribution in [2.24, 2.45) is 0 Å². The summed E-state index contributed by atoms with van der Waals surface area (Å²) in [4.78, 5) is 28.5. The van der Waals surface area contributed by atoms with Crippen molar-refractivity contribution in [2.75, 3.05) is 13.1 Å². The van der Waals surface area contributed by atoms with Crippen molar-refractivity contribution >= 4 is 29.0 Å². The third-order valence-electron chi connectivity index (χ3n) is 6.91. The Labute approximate surface area is 222 Å². The molecule has 1 aliphatic heterocycles. The second kappa shape index (κ2) is 10.5. The minimum Gasteiger partial charge on any atom is -0.360 e. The molecule has 9 heteroatoms. The summed E-state index contributed by atoms with van der Waals surface area (Å²) in [5.74, 6) is 1.13. The molecule has 1 saturated heterocycles. The van der Waals surface area contributed by atoms with Crippen LogP contribution in [0.15, 0.2) is 70.4 Å². The van der Waals surface area contributed by atoms with Gasteiger partial charge in [-0.05, 0) is 55.9 Å². The lowest BCUT2D eigenvalue weighted by molar-refractivity contribution is -0.113. The van der Waals surface area contributed by atoms with Gasteiger partial charge in [0.25, 0.3) is 0 Å². The Morgan fingerprint density at radius 3 is 2.62 bits per heavy atom. The van der Waals surface area contributed by atoms with Gasteiger partial charge in [0.15, 0.2) is 0 Å². The number of carbonyl (C=O) groups is 1. The molecular formula is C28H25N5O2S2. The molecule has 6 rings (SSSR count). The first-order chi connectivity index (χ1) is 18.2. The molecule has 0 bridgehead atoms. The molecule has 1 aliphatic rings. The summed E-state index contributed by atoms with van der Waals surface area (Å²) in [5.41, 5.74) is 5.54. The number of aromatic nitrogens is 4. The first-order valence-corrected chi connectivity index (χ1v) is 14.0. The number of benzene rings is 1. The highest BCUT2D eigenvalue weighted by atomic mass is 32.1. The number of thiazole rings is 1. The van der Waals surface area contributed by atoms with Gasteiger partial charge in [0.1, 0.15) is 30.1 Å². The third-order valence-corrected chi connectivity index (χ3v) is 8.86. The predicted octanol–water partition coefficient (Wildman–Crippen LogP) is 6.41. The van der Waals surface area contributed by atoms with Crippen molar-refractivity contribution in [1.82, 2.24) is 25.0 Å². The van der Waals surface area contributed by atoms with Crippen LogP contribution in [0.2, 0.25) is 0 Å². The highest BCUT2D eigenvalue weighted by Crippen LogP contribution is 2.39. The number of carbonyl (C=O) groups excluding carboxylic acids is 1. The molecule has 0 N–H and O–H groups in total. The van der Waals surface area contributed by atoms with Gasteiger partial charge in [-0.25, -0.2) is 15.0 Å². The molecule has 0 amide bonds. The fourth-order valence-corrected chi connectivity index (χ4v) is 6.77. The standard InChI is InChI=1S/C28H25N5O2S2/c1-18-26(27(32-35-18)21-5-2-4-20(12-21)22-13-29-17-30-14-22)23-16-37-28(31-23)19-7-9-33(10-8-19)24(15-34)25-6-3-11-36-25/h2-6,11-17,19,24H,7-10H2,1H3. The molecule has 37 heavy (non-hydrogen) atoms. The second-order valence-electron chi connectivity index (χ2n) is 9.15. The van der Waals surface area contributed by atoms with Crippen LogP contribution in [0, 0.1) is 6.92 Å². The van der Waals surface area contributed by atoms with E-state index in [0.717, 1.165) is 81.5 Å². The molecule has 0 aliphatic carbocycles. The monoisotopic (exact) mass is 527 g/mol. The number of rotatable bonds is 7. The van der Waals surface area contributed by atoms with E-state index in [9.17, 15) is 4.79 Å². The van der Waals surface area contributed by atoms with E-state index in [2.05, 4.69) is 31.5 Å². The molecule has 0 saturated carbocycles. The Hall–Kier alpha value is -3.53. The second-order valence-corrected chi connectivity index (χ2v) is 11.0. The van der Waals surface area contributed by atoms with Gasteiger partial charge in [0.05, 0.1) is 16.3 Å². The Balaban J connectivity index is 1.22. The number of thiophene rings is 1. The average molecular weight is 528 g/mol. The van der Waals surface area contributed by atoms with E-state index in [4.69, 9.17) is 9.51 Å². The minimum absolute atomic E-state index is 0.145.